The number of hydrogen-bond donors (Lipinski definition) is 0. The van der Waals surface area contributed by atoms with Gasteiger partial charge in [-0.1, -0.05) is 12.1 Å². The van der Waals surface area contributed by atoms with Gasteiger partial charge in [0.15, 0.2) is 5.76 Å². The van der Waals surface area contributed by atoms with Gasteiger partial charge in [-0.3, -0.25) is 9.59 Å². The summed E-state index contributed by atoms with van der Waals surface area (Å²) in [5, 5.41) is 0. The molecule has 1 heterocycles. The van der Waals surface area contributed by atoms with Crippen LogP contribution in [0.3, 0.4) is 0 Å². The molecule has 0 bridgehead atoms. The summed E-state index contributed by atoms with van der Waals surface area (Å²) in [6.45, 7) is 1.29. The van der Waals surface area contributed by atoms with Gasteiger partial charge in [-0.05, 0) is 35.9 Å². The molecule has 2 aromatic carbocycles. The van der Waals surface area contributed by atoms with Crippen molar-refractivity contribution in [1.82, 2.24) is 0 Å². The molecule has 22 heavy (non-hydrogen) atoms. The summed E-state index contributed by atoms with van der Waals surface area (Å²) in [6.07, 6.45) is 1.47. The lowest BCUT2D eigenvalue weighted by Crippen LogP contribution is -2.01. The Morgan fingerprint density at radius 3 is 2.77 bits per heavy atom. The Morgan fingerprint density at radius 2 is 2.05 bits per heavy atom. The lowest BCUT2D eigenvalue weighted by Gasteiger charge is -2.02. The van der Waals surface area contributed by atoms with E-state index in [2.05, 4.69) is 0 Å². The van der Waals surface area contributed by atoms with Crippen molar-refractivity contribution < 1.29 is 23.5 Å². The second kappa shape index (κ2) is 5.44. The minimum atomic E-state index is -0.459. The maximum Gasteiger partial charge on any atom is 0.308 e. The number of Topliss-reactive ketones (excluding diaryl/α,β-unsaturated/α-hetero) is 1. The Kier molecular flexibility index (Phi) is 3.47. The van der Waals surface area contributed by atoms with Crippen molar-refractivity contribution in [2.24, 2.45) is 0 Å². The number of benzene rings is 2. The number of carbonyl (C=O) groups is 2. The Hall–Kier alpha value is -2.95. The Morgan fingerprint density at radius 1 is 1.23 bits per heavy atom. The van der Waals surface area contributed by atoms with Crippen molar-refractivity contribution in [2.45, 2.75) is 6.92 Å². The highest BCUT2D eigenvalue weighted by Crippen LogP contribution is 2.34. The average Bonchev–Trinajstić information content (AvgIpc) is 2.74. The first-order valence-electron chi connectivity index (χ1n) is 6.55. The van der Waals surface area contributed by atoms with Crippen LogP contribution >= 0.6 is 0 Å². The number of hydrogen-bond acceptors (Lipinski definition) is 4. The zero-order chi connectivity index (χ0) is 15.7. The van der Waals surface area contributed by atoms with Crippen LogP contribution in [0.15, 0.2) is 48.2 Å². The van der Waals surface area contributed by atoms with E-state index in [1.165, 1.54) is 43.3 Å². The van der Waals surface area contributed by atoms with E-state index in [1.54, 1.807) is 12.1 Å². The number of ketones is 1. The van der Waals surface area contributed by atoms with Gasteiger partial charge in [-0.25, -0.2) is 4.39 Å². The van der Waals surface area contributed by atoms with E-state index in [0.717, 1.165) is 0 Å². The molecule has 3 rings (SSSR count). The highest BCUT2D eigenvalue weighted by Gasteiger charge is 2.27. The third-order valence-electron chi connectivity index (χ3n) is 3.05. The van der Waals surface area contributed by atoms with E-state index in [1.807, 2.05) is 0 Å². The van der Waals surface area contributed by atoms with Crippen LogP contribution in [0.5, 0.6) is 11.5 Å². The monoisotopic (exact) mass is 298 g/mol. The second-order valence-corrected chi connectivity index (χ2v) is 4.75. The molecule has 0 saturated carbocycles. The molecule has 0 unspecified atom stereocenters. The van der Waals surface area contributed by atoms with E-state index in [4.69, 9.17) is 9.47 Å². The van der Waals surface area contributed by atoms with E-state index in [-0.39, 0.29) is 11.5 Å². The molecule has 4 nitrogen and oxygen atoms in total. The number of ether oxygens (including phenoxy) is 2. The van der Waals surface area contributed by atoms with Crippen molar-refractivity contribution in [3.63, 3.8) is 0 Å². The lowest BCUT2D eigenvalue weighted by atomic mass is 10.1. The number of fused-ring (bicyclic) bond motifs is 1. The molecular formula is C17H11FO4. The fraction of sp³-hybridized carbons (Fsp3) is 0.0588. The maximum atomic E-state index is 13.2. The average molecular weight is 298 g/mol. The van der Waals surface area contributed by atoms with Crippen molar-refractivity contribution >= 4 is 17.8 Å². The first kappa shape index (κ1) is 14.0. The van der Waals surface area contributed by atoms with Crippen molar-refractivity contribution in [3.8, 4) is 11.5 Å². The molecule has 0 saturated heterocycles. The molecule has 0 N–H and O–H groups in total. The van der Waals surface area contributed by atoms with Gasteiger partial charge in [0.05, 0.1) is 5.56 Å². The van der Waals surface area contributed by atoms with Crippen LogP contribution in [-0.2, 0) is 4.79 Å². The summed E-state index contributed by atoms with van der Waals surface area (Å²) >= 11 is 0. The van der Waals surface area contributed by atoms with Crippen LogP contribution in [0.4, 0.5) is 4.39 Å². The molecule has 0 fully saturated rings. The van der Waals surface area contributed by atoms with Crippen LogP contribution in [0, 0.1) is 5.82 Å². The highest BCUT2D eigenvalue weighted by atomic mass is 19.1. The topological polar surface area (TPSA) is 52.6 Å². The summed E-state index contributed by atoms with van der Waals surface area (Å²) in [4.78, 5) is 23.2. The Balaban J connectivity index is 1.92. The fourth-order valence-corrected chi connectivity index (χ4v) is 2.14. The molecule has 0 aromatic heterocycles. The molecule has 5 heteroatoms. The molecule has 0 atom stereocenters. The molecular weight excluding hydrogens is 287 g/mol. The van der Waals surface area contributed by atoms with Crippen LogP contribution < -0.4 is 9.47 Å². The SMILES string of the molecule is CC(=O)Oc1ccc2c(c1)OC(=Cc1cccc(F)c1)C2=O. The lowest BCUT2D eigenvalue weighted by molar-refractivity contribution is -0.131. The maximum absolute atomic E-state index is 13.2. The van der Waals surface area contributed by atoms with E-state index >= 15 is 0 Å². The van der Waals surface area contributed by atoms with Crippen molar-refractivity contribution in [3.05, 3.63) is 65.2 Å². The van der Waals surface area contributed by atoms with Crippen molar-refractivity contribution in [1.29, 1.82) is 0 Å². The number of allylic oxidation sites excluding steroid dienone is 1. The Bertz CT molecular complexity index is 808. The number of rotatable bonds is 2. The van der Waals surface area contributed by atoms with Gasteiger partial charge in [0.1, 0.15) is 17.3 Å². The second-order valence-electron chi connectivity index (χ2n) is 4.75. The molecule has 0 amide bonds. The highest BCUT2D eigenvalue weighted by molar-refractivity contribution is 6.14. The smallest absolute Gasteiger partial charge is 0.308 e. The van der Waals surface area contributed by atoms with Gasteiger partial charge in [0, 0.05) is 13.0 Å². The standard InChI is InChI=1S/C17H11FO4/c1-10(19)21-13-5-6-14-15(9-13)22-16(17(14)20)8-11-3-2-4-12(18)7-11/h2-9H,1H3. The Labute approximate surface area is 125 Å². The predicted molar refractivity (Wildman–Crippen MR) is 77.1 cm³/mol. The summed E-state index contributed by atoms with van der Waals surface area (Å²) in [6, 6.07) is 10.4. The predicted octanol–water partition coefficient (Wildman–Crippen LogP) is 3.37. The van der Waals surface area contributed by atoms with Crippen LogP contribution in [0.25, 0.3) is 6.08 Å². The largest absolute Gasteiger partial charge is 0.452 e. The van der Waals surface area contributed by atoms with E-state index in [0.29, 0.717) is 22.6 Å². The summed E-state index contributed by atoms with van der Waals surface area (Å²) in [7, 11) is 0. The first-order valence-corrected chi connectivity index (χ1v) is 6.55. The zero-order valence-corrected chi connectivity index (χ0v) is 11.6. The van der Waals surface area contributed by atoms with E-state index in [9.17, 15) is 14.0 Å². The third-order valence-corrected chi connectivity index (χ3v) is 3.05. The quantitative estimate of drug-likeness (QED) is 0.484. The minimum absolute atomic E-state index is 0.0978. The van der Waals surface area contributed by atoms with Crippen LogP contribution in [-0.4, -0.2) is 11.8 Å². The van der Waals surface area contributed by atoms with Gasteiger partial charge < -0.3 is 9.47 Å². The molecule has 0 spiro atoms. The number of carbonyl (C=O) groups excluding carboxylic acids is 2. The first-order chi connectivity index (χ1) is 10.5. The van der Waals surface area contributed by atoms with Crippen LogP contribution in [0.1, 0.15) is 22.8 Å². The summed E-state index contributed by atoms with van der Waals surface area (Å²) < 4.78 is 23.6. The van der Waals surface area contributed by atoms with Gasteiger partial charge >= 0.3 is 5.97 Å². The number of esters is 1. The molecule has 110 valence electrons. The fourth-order valence-electron chi connectivity index (χ4n) is 2.14. The van der Waals surface area contributed by atoms with Crippen LogP contribution in [0.2, 0.25) is 0 Å². The van der Waals surface area contributed by atoms with Gasteiger partial charge in [0.25, 0.3) is 0 Å². The molecule has 2 aromatic rings. The normalized spacial score (nSPS) is 14.6. The molecule has 1 aliphatic heterocycles. The zero-order valence-electron chi connectivity index (χ0n) is 11.6. The summed E-state index contributed by atoms with van der Waals surface area (Å²) in [5.41, 5.74) is 0.898. The van der Waals surface area contributed by atoms with Gasteiger partial charge in [-0.15, -0.1) is 0 Å². The third kappa shape index (κ3) is 2.74. The number of halogens is 1. The van der Waals surface area contributed by atoms with Crippen molar-refractivity contribution in [2.75, 3.05) is 0 Å². The molecule has 0 radical (unpaired) electrons. The summed E-state index contributed by atoms with van der Waals surface area (Å²) in [5.74, 6) is -0.444. The van der Waals surface area contributed by atoms with Gasteiger partial charge in [0.2, 0.25) is 5.78 Å². The molecule has 0 aliphatic carbocycles. The molecule has 1 aliphatic rings. The minimum Gasteiger partial charge on any atom is -0.452 e. The van der Waals surface area contributed by atoms with Gasteiger partial charge in [-0.2, -0.15) is 0 Å². The van der Waals surface area contributed by atoms with E-state index < -0.39 is 11.8 Å².